The van der Waals surface area contributed by atoms with E-state index in [1.165, 1.54) is 18.4 Å². The number of nitrogens with one attached hydrogen (secondary N) is 1. The summed E-state index contributed by atoms with van der Waals surface area (Å²) >= 11 is 0. The summed E-state index contributed by atoms with van der Waals surface area (Å²) < 4.78 is 36.2. The molecule has 0 aliphatic heterocycles. The van der Waals surface area contributed by atoms with Gasteiger partial charge in [0.15, 0.2) is 0 Å². The molecule has 0 aliphatic carbocycles. The van der Waals surface area contributed by atoms with Gasteiger partial charge in [-0.25, -0.2) is 12.8 Å². The Balaban J connectivity index is 3.00. The zero-order valence-electron chi connectivity index (χ0n) is 11.0. The van der Waals surface area contributed by atoms with Gasteiger partial charge in [-0.1, -0.05) is 13.0 Å². The second-order valence-electron chi connectivity index (χ2n) is 4.66. The molecular weight excluding hydrogens is 253 g/mol. The van der Waals surface area contributed by atoms with Crippen molar-refractivity contribution < 1.29 is 12.8 Å². The third-order valence-corrected chi connectivity index (χ3v) is 3.52. The quantitative estimate of drug-likeness (QED) is 0.864. The van der Waals surface area contributed by atoms with Gasteiger partial charge in [0.05, 0.1) is 5.75 Å². The summed E-state index contributed by atoms with van der Waals surface area (Å²) in [7, 11) is -3.11. The fourth-order valence-electron chi connectivity index (χ4n) is 1.86. The summed E-state index contributed by atoms with van der Waals surface area (Å²) in [6.07, 6.45) is 2.09. The average Bonchev–Trinajstić information content (AvgIpc) is 2.21. The first-order valence-corrected chi connectivity index (χ1v) is 8.06. The maximum atomic E-state index is 13.4. The van der Waals surface area contributed by atoms with E-state index in [1.807, 2.05) is 13.0 Å². The van der Waals surface area contributed by atoms with E-state index in [0.29, 0.717) is 12.1 Å². The highest BCUT2D eigenvalue weighted by Gasteiger charge is 2.17. The van der Waals surface area contributed by atoms with E-state index in [1.54, 1.807) is 6.92 Å². The van der Waals surface area contributed by atoms with Gasteiger partial charge in [0, 0.05) is 12.3 Å². The van der Waals surface area contributed by atoms with Gasteiger partial charge in [0.2, 0.25) is 0 Å². The minimum Gasteiger partial charge on any atom is -0.309 e. The number of halogens is 1. The van der Waals surface area contributed by atoms with Gasteiger partial charge in [-0.3, -0.25) is 0 Å². The molecule has 0 aliphatic rings. The van der Waals surface area contributed by atoms with Crippen molar-refractivity contribution in [3.63, 3.8) is 0 Å². The first kappa shape index (κ1) is 15.1. The maximum absolute atomic E-state index is 13.4. The van der Waals surface area contributed by atoms with Crippen molar-refractivity contribution in [3.8, 4) is 0 Å². The van der Waals surface area contributed by atoms with Crippen molar-refractivity contribution in [2.45, 2.75) is 26.3 Å². The van der Waals surface area contributed by atoms with Gasteiger partial charge >= 0.3 is 0 Å². The zero-order valence-corrected chi connectivity index (χ0v) is 11.8. The van der Waals surface area contributed by atoms with Crippen LogP contribution >= 0.6 is 0 Å². The summed E-state index contributed by atoms with van der Waals surface area (Å²) in [5.74, 6) is -0.350. The van der Waals surface area contributed by atoms with Crippen LogP contribution in [0.5, 0.6) is 0 Å². The molecule has 0 aromatic heterocycles. The fourth-order valence-corrected chi connectivity index (χ4v) is 2.78. The standard InChI is InChI=1S/C13H20FNO2S/c1-4-5-15-13(9-18(3,16)17)11-6-10(2)7-12(14)8-11/h6-8,13,15H,4-5,9H2,1-3H3. The monoisotopic (exact) mass is 273 g/mol. The SMILES string of the molecule is CCCNC(CS(C)(=O)=O)c1cc(C)cc(F)c1. The predicted molar refractivity (Wildman–Crippen MR) is 71.9 cm³/mol. The van der Waals surface area contributed by atoms with Gasteiger partial charge in [-0.15, -0.1) is 0 Å². The number of benzene rings is 1. The number of aryl methyl sites for hydroxylation is 1. The summed E-state index contributed by atoms with van der Waals surface area (Å²) in [5, 5.41) is 3.15. The molecule has 0 saturated heterocycles. The second kappa shape index (κ2) is 6.29. The average molecular weight is 273 g/mol. The molecule has 0 bridgehead atoms. The Hall–Kier alpha value is -0.940. The van der Waals surface area contributed by atoms with Gasteiger partial charge in [-0.2, -0.15) is 0 Å². The Morgan fingerprint density at radius 1 is 1.33 bits per heavy atom. The third kappa shape index (κ3) is 5.14. The van der Waals surface area contributed by atoms with Crippen molar-refractivity contribution in [3.05, 3.63) is 35.1 Å². The smallest absolute Gasteiger partial charge is 0.149 e. The van der Waals surface area contributed by atoms with Crippen LogP contribution in [0.4, 0.5) is 4.39 Å². The molecule has 0 saturated carbocycles. The van der Waals surface area contributed by atoms with Crippen LogP contribution in [0, 0.1) is 12.7 Å². The predicted octanol–water partition coefficient (Wildman–Crippen LogP) is 2.22. The molecule has 0 heterocycles. The van der Waals surface area contributed by atoms with E-state index in [4.69, 9.17) is 0 Å². The largest absolute Gasteiger partial charge is 0.309 e. The van der Waals surface area contributed by atoms with E-state index in [9.17, 15) is 12.8 Å². The van der Waals surface area contributed by atoms with Gasteiger partial charge in [-0.05, 0) is 43.1 Å². The lowest BCUT2D eigenvalue weighted by molar-refractivity contribution is 0.544. The van der Waals surface area contributed by atoms with Gasteiger partial charge in [0.1, 0.15) is 15.7 Å². The minimum atomic E-state index is -3.11. The summed E-state index contributed by atoms with van der Waals surface area (Å²) in [4.78, 5) is 0. The van der Waals surface area contributed by atoms with Crippen LogP contribution in [0.15, 0.2) is 18.2 Å². The van der Waals surface area contributed by atoms with E-state index in [0.717, 1.165) is 12.0 Å². The molecule has 1 aromatic rings. The van der Waals surface area contributed by atoms with Crippen LogP contribution in [0.2, 0.25) is 0 Å². The van der Waals surface area contributed by atoms with Crippen molar-refractivity contribution in [2.24, 2.45) is 0 Å². The fraction of sp³-hybridized carbons (Fsp3) is 0.538. The Bertz CT molecular complexity index is 479. The van der Waals surface area contributed by atoms with Crippen molar-refractivity contribution in [2.75, 3.05) is 18.6 Å². The number of hydrogen-bond acceptors (Lipinski definition) is 3. The summed E-state index contributed by atoms with van der Waals surface area (Å²) in [6, 6.07) is 4.29. The van der Waals surface area contributed by atoms with Crippen LogP contribution in [-0.4, -0.2) is 27.0 Å². The molecule has 1 atom stereocenters. The highest BCUT2D eigenvalue weighted by atomic mass is 32.2. The summed E-state index contributed by atoms with van der Waals surface area (Å²) in [5.41, 5.74) is 1.48. The van der Waals surface area contributed by atoms with E-state index in [-0.39, 0.29) is 17.6 Å². The molecule has 5 heteroatoms. The van der Waals surface area contributed by atoms with Crippen LogP contribution in [0.3, 0.4) is 0 Å². The lowest BCUT2D eigenvalue weighted by atomic mass is 10.1. The molecule has 0 radical (unpaired) electrons. The second-order valence-corrected chi connectivity index (χ2v) is 6.85. The molecule has 102 valence electrons. The molecule has 18 heavy (non-hydrogen) atoms. The molecule has 0 spiro atoms. The third-order valence-electron chi connectivity index (χ3n) is 2.58. The number of rotatable bonds is 6. The topological polar surface area (TPSA) is 46.2 Å². The van der Waals surface area contributed by atoms with Crippen LogP contribution in [0.1, 0.15) is 30.5 Å². The Morgan fingerprint density at radius 3 is 2.50 bits per heavy atom. The number of hydrogen-bond donors (Lipinski definition) is 1. The van der Waals surface area contributed by atoms with Crippen LogP contribution in [-0.2, 0) is 9.84 Å². The van der Waals surface area contributed by atoms with E-state index < -0.39 is 9.84 Å². The van der Waals surface area contributed by atoms with Crippen LogP contribution < -0.4 is 5.32 Å². The summed E-state index contributed by atoms with van der Waals surface area (Å²) in [6.45, 7) is 4.50. The molecule has 0 fully saturated rings. The highest BCUT2D eigenvalue weighted by molar-refractivity contribution is 7.90. The molecule has 1 aromatic carbocycles. The van der Waals surface area contributed by atoms with Crippen LogP contribution in [0.25, 0.3) is 0 Å². The normalized spacial score (nSPS) is 13.6. The first-order valence-electron chi connectivity index (χ1n) is 6.00. The van der Waals surface area contributed by atoms with E-state index >= 15 is 0 Å². The van der Waals surface area contributed by atoms with Crippen molar-refractivity contribution in [1.82, 2.24) is 5.32 Å². The lowest BCUT2D eigenvalue weighted by Gasteiger charge is -2.18. The Morgan fingerprint density at radius 2 is 2.00 bits per heavy atom. The van der Waals surface area contributed by atoms with Crippen molar-refractivity contribution >= 4 is 9.84 Å². The maximum Gasteiger partial charge on any atom is 0.149 e. The molecule has 3 nitrogen and oxygen atoms in total. The Labute approximate surface area is 108 Å². The molecule has 1 rings (SSSR count). The van der Waals surface area contributed by atoms with Crippen molar-refractivity contribution in [1.29, 1.82) is 0 Å². The lowest BCUT2D eigenvalue weighted by Crippen LogP contribution is -2.28. The van der Waals surface area contributed by atoms with E-state index in [2.05, 4.69) is 5.32 Å². The highest BCUT2D eigenvalue weighted by Crippen LogP contribution is 2.18. The molecular formula is C13H20FNO2S. The first-order chi connectivity index (χ1) is 8.31. The zero-order chi connectivity index (χ0) is 13.8. The van der Waals surface area contributed by atoms with Gasteiger partial charge in [0.25, 0.3) is 0 Å². The Kier molecular flexibility index (Phi) is 5.28. The molecule has 1 unspecified atom stereocenters. The molecule has 1 N–H and O–H groups in total. The van der Waals surface area contributed by atoms with Gasteiger partial charge < -0.3 is 5.32 Å². The number of sulfone groups is 1. The molecule has 0 amide bonds. The minimum absolute atomic E-state index is 0.0180.